The van der Waals surface area contributed by atoms with Crippen molar-refractivity contribution in [1.82, 2.24) is 14.7 Å². The molecule has 2 saturated heterocycles. The lowest BCUT2D eigenvalue weighted by molar-refractivity contribution is -0.141. The van der Waals surface area contributed by atoms with Crippen LogP contribution in [0.3, 0.4) is 0 Å². The van der Waals surface area contributed by atoms with E-state index in [1.165, 1.54) is 0 Å². The van der Waals surface area contributed by atoms with E-state index >= 15 is 0 Å². The summed E-state index contributed by atoms with van der Waals surface area (Å²) in [6.45, 7) is 6.72. The maximum Gasteiger partial charge on any atom is 0.267 e. The number of hydrogen-bond acceptors (Lipinski definition) is 7. The monoisotopic (exact) mass is 460 g/mol. The van der Waals surface area contributed by atoms with Gasteiger partial charge in [-0.1, -0.05) is 12.1 Å². The van der Waals surface area contributed by atoms with Gasteiger partial charge in [0.05, 0.1) is 34.6 Å². The Morgan fingerprint density at radius 1 is 1.09 bits per heavy atom. The Kier molecular flexibility index (Phi) is 5.27. The molecule has 1 aromatic carbocycles. The van der Waals surface area contributed by atoms with E-state index in [0.717, 1.165) is 17.1 Å². The van der Waals surface area contributed by atoms with Crippen LogP contribution in [0.5, 0.6) is 11.5 Å². The number of anilines is 1. The van der Waals surface area contributed by atoms with Crippen LogP contribution in [0.15, 0.2) is 24.3 Å². The zero-order chi connectivity index (χ0) is 22.5. The van der Waals surface area contributed by atoms with Crippen molar-refractivity contribution in [2.75, 3.05) is 49.2 Å². The van der Waals surface area contributed by atoms with Crippen molar-refractivity contribution in [3.8, 4) is 11.5 Å². The van der Waals surface area contributed by atoms with Crippen LogP contribution in [0.1, 0.15) is 23.9 Å². The molecule has 1 amide bonds. The fraction of sp³-hybridized carbons (Fsp3) is 0.545. The lowest BCUT2D eigenvalue weighted by Crippen LogP contribution is -2.54. The Balaban J connectivity index is 1.24. The van der Waals surface area contributed by atoms with Crippen molar-refractivity contribution in [3.63, 3.8) is 0 Å². The maximum absolute atomic E-state index is 13.0. The quantitative estimate of drug-likeness (QED) is 0.682. The van der Waals surface area contributed by atoms with Gasteiger partial charge >= 0.3 is 0 Å². The molecule has 172 valence electrons. The molecule has 9 nitrogen and oxygen atoms in total. The molecule has 3 aliphatic heterocycles. The first-order valence-corrected chi connectivity index (χ1v) is 12.8. The van der Waals surface area contributed by atoms with E-state index in [0.29, 0.717) is 44.1 Å². The Hall–Kier alpha value is -2.75. The molecule has 4 heterocycles. The summed E-state index contributed by atoms with van der Waals surface area (Å²) in [5, 5.41) is 4.68. The Bertz CT molecular complexity index is 1140. The van der Waals surface area contributed by atoms with Crippen molar-refractivity contribution < 1.29 is 22.7 Å². The zero-order valence-corrected chi connectivity index (χ0v) is 19.2. The minimum absolute atomic E-state index is 0.0561. The number of piperazine rings is 1. The van der Waals surface area contributed by atoms with Crippen molar-refractivity contribution in [2.45, 2.75) is 32.4 Å². The van der Waals surface area contributed by atoms with E-state index in [1.807, 2.05) is 47.7 Å². The molecule has 0 aliphatic carbocycles. The van der Waals surface area contributed by atoms with E-state index < -0.39 is 15.9 Å². The normalized spacial score (nSPS) is 24.6. The molecule has 2 atom stereocenters. The second-order valence-electron chi connectivity index (χ2n) is 8.70. The highest BCUT2D eigenvalue weighted by Gasteiger charge is 2.35. The molecule has 2 aromatic rings. The van der Waals surface area contributed by atoms with Crippen LogP contribution in [0.2, 0.25) is 0 Å². The highest BCUT2D eigenvalue weighted by molar-refractivity contribution is 7.91. The van der Waals surface area contributed by atoms with Crippen LogP contribution in [-0.2, 0) is 14.6 Å². The summed E-state index contributed by atoms with van der Waals surface area (Å²) in [5.41, 5.74) is 2.93. The smallest absolute Gasteiger partial charge is 0.267 e. The lowest BCUT2D eigenvalue weighted by Gasteiger charge is -2.38. The van der Waals surface area contributed by atoms with Gasteiger partial charge in [0.25, 0.3) is 5.91 Å². The number of amides is 1. The summed E-state index contributed by atoms with van der Waals surface area (Å²) in [5.74, 6) is 1.59. The number of nitrogens with zero attached hydrogens (tertiary/aromatic N) is 4. The molecule has 5 rings (SSSR count). The topological polar surface area (TPSA) is 94.0 Å². The summed E-state index contributed by atoms with van der Waals surface area (Å²) in [6, 6.07) is 7.29. The molecule has 32 heavy (non-hydrogen) atoms. The number of para-hydroxylation sites is 2. The number of hydrogen-bond donors (Lipinski definition) is 0. The number of ether oxygens (including phenoxy) is 2. The van der Waals surface area contributed by atoms with Gasteiger partial charge in [-0.25, -0.2) is 8.42 Å². The highest BCUT2D eigenvalue weighted by Crippen LogP contribution is 2.33. The number of rotatable bonds is 3. The highest BCUT2D eigenvalue weighted by atomic mass is 32.2. The van der Waals surface area contributed by atoms with Crippen molar-refractivity contribution in [1.29, 1.82) is 0 Å². The van der Waals surface area contributed by atoms with E-state index in [1.54, 1.807) is 0 Å². The number of aromatic nitrogens is 2. The third kappa shape index (κ3) is 3.80. The third-order valence-corrected chi connectivity index (χ3v) is 8.28. The minimum Gasteiger partial charge on any atom is -0.485 e. The molecular formula is C22H28N4O5S. The predicted octanol–water partition coefficient (Wildman–Crippen LogP) is 1.35. The van der Waals surface area contributed by atoms with Crippen LogP contribution in [0, 0.1) is 13.8 Å². The number of carbonyl (C=O) groups is 1. The average Bonchev–Trinajstić information content (AvgIpc) is 3.30. The van der Waals surface area contributed by atoms with Crippen molar-refractivity contribution in [3.05, 3.63) is 35.7 Å². The maximum atomic E-state index is 13.0. The number of sulfone groups is 1. The standard InChI is InChI=1S/C22H28N4O5S/c1-15-21(16(2)26(23-15)17-7-12-32(28,29)14-17)24-8-10-25(11-9-24)22(27)20-13-30-18-5-3-4-6-19(18)31-20/h3-6,17,20H,7-14H2,1-2H3. The number of fused-ring (bicyclic) bond motifs is 1. The summed E-state index contributed by atoms with van der Waals surface area (Å²) in [6.07, 6.45) is -0.0227. The van der Waals surface area contributed by atoms with Crippen molar-refractivity contribution in [2.24, 2.45) is 0 Å². The molecule has 0 N–H and O–H groups in total. The Morgan fingerprint density at radius 3 is 2.50 bits per heavy atom. The van der Waals surface area contributed by atoms with E-state index in [4.69, 9.17) is 9.47 Å². The SMILES string of the molecule is Cc1nn(C2CCS(=O)(=O)C2)c(C)c1N1CCN(C(=O)C2COc3ccccc3O2)CC1. The Labute approximate surface area is 187 Å². The molecule has 10 heteroatoms. The van der Waals surface area contributed by atoms with Crippen LogP contribution >= 0.6 is 0 Å². The van der Waals surface area contributed by atoms with Gasteiger partial charge in [0.2, 0.25) is 6.10 Å². The van der Waals surface area contributed by atoms with Gasteiger partial charge < -0.3 is 19.3 Å². The number of aryl methyl sites for hydroxylation is 1. The van der Waals surface area contributed by atoms with E-state index in [-0.39, 0.29) is 30.1 Å². The molecule has 0 radical (unpaired) electrons. The molecule has 0 bridgehead atoms. The number of benzene rings is 1. The summed E-state index contributed by atoms with van der Waals surface area (Å²) in [4.78, 5) is 17.1. The fourth-order valence-corrected chi connectivity index (χ4v) is 6.62. The number of carbonyl (C=O) groups excluding carboxylic acids is 1. The van der Waals surface area contributed by atoms with Crippen LogP contribution in [0.25, 0.3) is 0 Å². The van der Waals surface area contributed by atoms with Gasteiger partial charge in [-0.05, 0) is 32.4 Å². The second kappa shape index (κ2) is 7.99. The van der Waals surface area contributed by atoms with Gasteiger partial charge in [-0.3, -0.25) is 9.48 Å². The van der Waals surface area contributed by atoms with Crippen LogP contribution < -0.4 is 14.4 Å². The van der Waals surface area contributed by atoms with Gasteiger partial charge in [-0.2, -0.15) is 5.10 Å². The molecular weight excluding hydrogens is 432 g/mol. The second-order valence-corrected chi connectivity index (χ2v) is 10.9. The molecule has 0 saturated carbocycles. The lowest BCUT2D eigenvalue weighted by atomic mass is 10.2. The average molecular weight is 461 g/mol. The summed E-state index contributed by atoms with van der Waals surface area (Å²) in [7, 11) is -2.98. The molecule has 1 aromatic heterocycles. The molecule has 3 aliphatic rings. The summed E-state index contributed by atoms with van der Waals surface area (Å²) >= 11 is 0. The zero-order valence-electron chi connectivity index (χ0n) is 18.4. The summed E-state index contributed by atoms with van der Waals surface area (Å²) < 4.78 is 37.3. The molecule has 2 unspecified atom stereocenters. The van der Waals surface area contributed by atoms with Gasteiger partial charge in [0.15, 0.2) is 21.3 Å². The largest absolute Gasteiger partial charge is 0.485 e. The third-order valence-electron chi connectivity index (χ3n) is 6.53. The Morgan fingerprint density at radius 2 is 1.81 bits per heavy atom. The first-order chi connectivity index (χ1) is 15.3. The van der Waals surface area contributed by atoms with Gasteiger partial charge in [-0.15, -0.1) is 0 Å². The molecule has 0 spiro atoms. The van der Waals surface area contributed by atoms with Crippen LogP contribution in [0.4, 0.5) is 5.69 Å². The van der Waals surface area contributed by atoms with Gasteiger partial charge in [0, 0.05) is 26.2 Å². The first kappa shape index (κ1) is 21.1. The van der Waals surface area contributed by atoms with Crippen LogP contribution in [-0.4, -0.2) is 79.4 Å². The van der Waals surface area contributed by atoms with Crippen molar-refractivity contribution >= 4 is 21.4 Å². The predicted molar refractivity (Wildman–Crippen MR) is 119 cm³/mol. The van der Waals surface area contributed by atoms with E-state index in [2.05, 4.69) is 10.00 Å². The van der Waals surface area contributed by atoms with Gasteiger partial charge in [0.1, 0.15) is 6.61 Å². The fourth-order valence-electron chi connectivity index (χ4n) is 4.93. The minimum atomic E-state index is -2.98. The first-order valence-electron chi connectivity index (χ1n) is 11.0. The molecule has 2 fully saturated rings. The van der Waals surface area contributed by atoms with E-state index in [9.17, 15) is 13.2 Å².